The molecule has 1 aromatic heterocycles. The molecule has 0 saturated carbocycles. The summed E-state index contributed by atoms with van der Waals surface area (Å²) in [5, 5.41) is 13.4. The van der Waals surface area contributed by atoms with Gasteiger partial charge in [-0.05, 0) is 55.8 Å². The molecule has 0 radical (unpaired) electrons. The molecule has 2 aromatic carbocycles. The standard InChI is InChI=1S/C25H27ClN6O4/c1-16(33)31-12-14-32(15-13-31)20-10-8-19(9-11-20)27-21(34)22-29-30-24(36-22)28-23(35)25(2,3)17-4-6-18(26)7-5-17/h4-11H,12-15H2,1-3H3,(H,27,34)(H,28,30,35). The second-order valence-corrected chi connectivity index (χ2v) is 9.43. The maximum absolute atomic E-state index is 12.8. The summed E-state index contributed by atoms with van der Waals surface area (Å²) >= 11 is 5.93. The maximum atomic E-state index is 12.8. The van der Waals surface area contributed by atoms with E-state index in [1.165, 1.54) is 0 Å². The molecule has 0 bridgehead atoms. The summed E-state index contributed by atoms with van der Waals surface area (Å²) in [6, 6.07) is 14.1. The van der Waals surface area contributed by atoms with E-state index in [9.17, 15) is 14.4 Å². The first-order valence-electron chi connectivity index (χ1n) is 11.5. The van der Waals surface area contributed by atoms with Crippen LogP contribution >= 0.6 is 11.6 Å². The first-order chi connectivity index (χ1) is 17.1. The van der Waals surface area contributed by atoms with Crippen molar-refractivity contribution in [1.29, 1.82) is 0 Å². The molecule has 1 aliphatic heterocycles. The van der Waals surface area contributed by atoms with Gasteiger partial charge in [0, 0.05) is 49.5 Å². The minimum atomic E-state index is -0.901. The number of nitrogens with one attached hydrogen (secondary N) is 2. The van der Waals surface area contributed by atoms with Crippen LogP contribution in [0, 0.1) is 0 Å². The summed E-state index contributed by atoms with van der Waals surface area (Å²) in [6.07, 6.45) is 0. The van der Waals surface area contributed by atoms with Gasteiger partial charge in [-0.1, -0.05) is 28.8 Å². The minimum absolute atomic E-state index is 0.0849. The Balaban J connectivity index is 1.34. The summed E-state index contributed by atoms with van der Waals surface area (Å²) in [5.41, 5.74) is 1.41. The Morgan fingerprint density at radius 3 is 2.17 bits per heavy atom. The van der Waals surface area contributed by atoms with Crippen LogP contribution in [0.2, 0.25) is 5.02 Å². The van der Waals surface area contributed by atoms with E-state index in [0.717, 1.165) is 24.3 Å². The van der Waals surface area contributed by atoms with Gasteiger partial charge in [0.2, 0.25) is 11.8 Å². The topological polar surface area (TPSA) is 121 Å². The molecule has 3 aromatic rings. The summed E-state index contributed by atoms with van der Waals surface area (Å²) in [5.74, 6) is -1.16. The van der Waals surface area contributed by atoms with Gasteiger partial charge in [-0.25, -0.2) is 0 Å². The van der Waals surface area contributed by atoms with Crippen LogP contribution < -0.4 is 15.5 Å². The summed E-state index contributed by atoms with van der Waals surface area (Å²) in [4.78, 5) is 40.9. The SMILES string of the molecule is CC(=O)N1CCN(c2ccc(NC(=O)c3nnc(NC(=O)C(C)(C)c4ccc(Cl)cc4)o3)cc2)CC1. The van der Waals surface area contributed by atoms with Crippen molar-refractivity contribution in [3.8, 4) is 0 Å². The van der Waals surface area contributed by atoms with Crippen LogP contribution in [0.4, 0.5) is 17.4 Å². The predicted octanol–water partition coefficient (Wildman–Crippen LogP) is 3.56. The Morgan fingerprint density at radius 2 is 1.56 bits per heavy atom. The van der Waals surface area contributed by atoms with E-state index >= 15 is 0 Å². The van der Waals surface area contributed by atoms with E-state index in [-0.39, 0.29) is 23.7 Å². The monoisotopic (exact) mass is 510 g/mol. The zero-order chi connectivity index (χ0) is 25.9. The molecule has 1 saturated heterocycles. The van der Waals surface area contributed by atoms with Crippen LogP contribution in [0.5, 0.6) is 0 Å². The number of amides is 3. The van der Waals surface area contributed by atoms with Crippen LogP contribution in [-0.4, -0.2) is 59.0 Å². The fourth-order valence-electron chi connectivity index (χ4n) is 3.84. The van der Waals surface area contributed by atoms with Gasteiger partial charge in [0.1, 0.15) is 0 Å². The van der Waals surface area contributed by atoms with E-state index in [0.29, 0.717) is 23.8 Å². The summed E-state index contributed by atoms with van der Waals surface area (Å²) in [7, 11) is 0. The number of hydrogen-bond donors (Lipinski definition) is 2. The molecule has 2 heterocycles. The summed E-state index contributed by atoms with van der Waals surface area (Å²) in [6.45, 7) is 7.94. The molecule has 188 valence electrons. The molecule has 0 unspecified atom stereocenters. The Morgan fingerprint density at radius 1 is 0.917 bits per heavy atom. The van der Waals surface area contributed by atoms with Gasteiger partial charge in [0.05, 0.1) is 5.41 Å². The molecule has 11 heteroatoms. The highest BCUT2D eigenvalue weighted by atomic mass is 35.5. The molecule has 2 N–H and O–H groups in total. The van der Waals surface area contributed by atoms with E-state index in [1.54, 1.807) is 57.2 Å². The number of nitrogens with zero attached hydrogens (tertiary/aromatic N) is 4. The number of carbonyl (C=O) groups is 3. The van der Waals surface area contributed by atoms with Crippen molar-refractivity contribution in [2.75, 3.05) is 41.7 Å². The molecule has 0 aliphatic carbocycles. The zero-order valence-electron chi connectivity index (χ0n) is 20.2. The van der Waals surface area contributed by atoms with E-state index in [4.69, 9.17) is 16.0 Å². The van der Waals surface area contributed by atoms with Crippen LogP contribution in [0.1, 0.15) is 37.0 Å². The fraction of sp³-hybridized carbons (Fsp3) is 0.320. The number of rotatable bonds is 6. The number of carbonyl (C=O) groups excluding carboxylic acids is 3. The number of aromatic nitrogens is 2. The van der Waals surface area contributed by atoms with E-state index in [2.05, 4.69) is 25.7 Å². The normalized spacial score (nSPS) is 13.9. The average molecular weight is 511 g/mol. The molecule has 4 rings (SSSR count). The molecule has 10 nitrogen and oxygen atoms in total. The van der Waals surface area contributed by atoms with Gasteiger partial charge in [0.25, 0.3) is 0 Å². The second kappa shape index (κ2) is 10.4. The van der Waals surface area contributed by atoms with Gasteiger partial charge in [-0.15, -0.1) is 5.10 Å². The first kappa shape index (κ1) is 25.2. The van der Waals surface area contributed by atoms with Crippen molar-refractivity contribution in [3.63, 3.8) is 0 Å². The lowest BCUT2D eigenvalue weighted by atomic mass is 9.84. The number of hydrogen-bond acceptors (Lipinski definition) is 7. The van der Waals surface area contributed by atoms with E-state index in [1.807, 2.05) is 17.0 Å². The highest BCUT2D eigenvalue weighted by Gasteiger charge is 2.31. The molecule has 1 fully saturated rings. The van der Waals surface area contributed by atoms with Gasteiger partial charge in [-0.2, -0.15) is 0 Å². The minimum Gasteiger partial charge on any atom is -0.399 e. The van der Waals surface area contributed by atoms with Crippen LogP contribution in [-0.2, 0) is 15.0 Å². The van der Waals surface area contributed by atoms with Gasteiger partial charge in [0.15, 0.2) is 0 Å². The number of anilines is 3. The molecule has 1 aliphatic rings. The van der Waals surface area contributed by atoms with Crippen molar-refractivity contribution in [2.45, 2.75) is 26.2 Å². The van der Waals surface area contributed by atoms with Crippen LogP contribution in [0.3, 0.4) is 0 Å². The third-order valence-electron chi connectivity index (χ3n) is 6.19. The number of piperazine rings is 1. The maximum Gasteiger partial charge on any atom is 0.322 e. The largest absolute Gasteiger partial charge is 0.399 e. The lowest BCUT2D eigenvalue weighted by molar-refractivity contribution is -0.129. The molecule has 0 atom stereocenters. The van der Waals surface area contributed by atoms with Crippen molar-refractivity contribution >= 4 is 46.7 Å². The second-order valence-electron chi connectivity index (χ2n) is 8.99. The van der Waals surface area contributed by atoms with Gasteiger partial charge in [-0.3, -0.25) is 19.7 Å². The quantitative estimate of drug-likeness (QED) is 0.520. The molecule has 36 heavy (non-hydrogen) atoms. The first-order valence-corrected chi connectivity index (χ1v) is 11.8. The highest BCUT2D eigenvalue weighted by Crippen LogP contribution is 2.26. The fourth-order valence-corrected chi connectivity index (χ4v) is 3.96. The predicted molar refractivity (Wildman–Crippen MR) is 136 cm³/mol. The van der Waals surface area contributed by atoms with Crippen molar-refractivity contribution < 1.29 is 18.8 Å². The van der Waals surface area contributed by atoms with Gasteiger partial charge >= 0.3 is 17.8 Å². The molecular formula is C25H27ClN6O4. The van der Waals surface area contributed by atoms with Gasteiger partial charge < -0.3 is 19.5 Å². The highest BCUT2D eigenvalue weighted by molar-refractivity contribution is 6.30. The van der Waals surface area contributed by atoms with Crippen molar-refractivity contribution in [3.05, 3.63) is 65.0 Å². The Hall–Kier alpha value is -3.92. The lowest BCUT2D eigenvalue weighted by Crippen LogP contribution is -2.48. The molecule has 0 spiro atoms. The molecule has 3 amide bonds. The number of halogens is 1. The van der Waals surface area contributed by atoms with Crippen LogP contribution in [0.15, 0.2) is 52.9 Å². The molecular weight excluding hydrogens is 484 g/mol. The lowest BCUT2D eigenvalue weighted by Gasteiger charge is -2.35. The third-order valence-corrected chi connectivity index (χ3v) is 6.44. The average Bonchev–Trinajstić information content (AvgIpc) is 3.33. The van der Waals surface area contributed by atoms with E-state index < -0.39 is 11.3 Å². The zero-order valence-corrected chi connectivity index (χ0v) is 21.0. The Kier molecular flexibility index (Phi) is 7.25. The number of benzene rings is 2. The summed E-state index contributed by atoms with van der Waals surface area (Å²) < 4.78 is 5.36. The Bertz CT molecular complexity index is 1250. The Labute approximate surface area is 213 Å². The smallest absolute Gasteiger partial charge is 0.322 e. The van der Waals surface area contributed by atoms with Crippen LogP contribution in [0.25, 0.3) is 0 Å². The van der Waals surface area contributed by atoms with Crippen molar-refractivity contribution in [1.82, 2.24) is 15.1 Å². The van der Waals surface area contributed by atoms with Crippen molar-refractivity contribution in [2.24, 2.45) is 0 Å². The third kappa shape index (κ3) is 5.65.